The summed E-state index contributed by atoms with van der Waals surface area (Å²) in [5, 5.41) is 0. The predicted molar refractivity (Wildman–Crippen MR) is 78.8 cm³/mol. The maximum Gasteiger partial charge on any atom is 0.215 e. The predicted octanol–water partition coefficient (Wildman–Crippen LogP) is 2.56. The molecule has 1 fully saturated rings. The Morgan fingerprint density at radius 3 is 2.80 bits per heavy atom. The summed E-state index contributed by atoms with van der Waals surface area (Å²) in [5.41, 5.74) is 8.04. The number of pyridine rings is 1. The van der Waals surface area contributed by atoms with Crippen molar-refractivity contribution in [3.8, 4) is 5.88 Å². The van der Waals surface area contributed by atoms with Gasteiger partial charge in [0.2, 0.25) is 5.88 Å². The molecule has 1 aliphatic rings. The average Bonchev–Trinajstić information content (AvgIpc) is 2.80. The SMILES string of the molecule is CCOc1ccc2[nH]c(CC3(N)CCCCC3)nc2n1. The van der Waals surface area contributed by atoms with Gasteiger partial charge in [-0.25, -0.2) is 4.98 Å². The highest BCUT2D eigenvalue weighted by Gasteiger charge is 2.28. The molecule has 0 spiro atoms. The van der Waals surface area contributed by atoms with Crippen molar-refractivity contribution in [3.05, 3.63) is 18.0 Å². The Kier molecular flexibility index (Phi) is 3.61. The molecular formula is C15H22N4O. The van der Waals surface area contributed by atoms with Gasteiger partial charge in [0.15, 0.2) is 5.65 Å². The second-order valence-electron chi connectivity index (χ2n) is 5.74. The lowest BCUT2D eigenvalue weighted by Gasteiger charge is -2.32. The molecule has 2 aromatic heterocycles. The lowest BCUT2D eigenvalue weighted by molar-refractivity contribution is 0.290. The lowest BCUT2D eigenvalue weighted by atomic mass is 9.80. The van der Waals surface area contributed by atoms with E-state index in [-0.39, 0.29) is 5.54 Å². The van der Waals surface area contributed by atoms with Crippen LogP contribution in [0, 0.1) is 0 Å². The van der Waals surface area contributed by atoms with Crippen LogP contribution < -0.4 is 10.5 Å². The first-order chi connectivity index (χ1) is 9.68. The third kappa shape index (κ3) is 2.77. The molecule has 108 valence electrons. The fourth-order valence-corrected chi connectivity index (χ4v) is 3.00. The van der Waals surface area contributed by atoms with Gasteiger partial charge in [-0.3, -0.25) is 0 Å². The number of rotatable bonds is 4. The zero-order chi connectivity index (χ0) is 14.0. The number of nitrogens with two attached hydrogens (primary N) is 1. The number of imidazole rings is 1. The maximum atomic E-state index is 6.49. The minimum atomic E-state index is -0.102. The van der Waals surface area contributed by atoms with Crippen molar-refractivity contribution in [2.75, 3.05) is 6.61 Å². The molecular weight excluding hydrogens is 252 g/mol. The first kappa shape index (κ1) is 13.4. The Morgan fingerprint density at radius 2 is 2.05 bits per heavy atom. The quantitative estimate of drug-likeness (QED) is 0.898. The Labute approximate surface area is 118 Å². The second kappa shape index (κ2) is 5.40. The minimum absolute atomic E-state index is 0.102. The molecule has 3 rings (SSSR count). The van der Waals surface area contributed by atoms with Crippen molar-refractivity contribution in [2.45, 2.75) is 51.0 Å². The molecule has 1 saturated carbocycles. The van der Waals surface area contributed by atoms with E-state index in [0.29, 0.717) is 18.1 Å². The monoisotopic (exact) mass is 274 g/mol. The number of aromatic amines is 1. The average molecular weight is 274 g/mol. The summed E-state index contributed by atoms with van der Waals surface area (Å²) in [5.74, 6) is 1.56. The van der Waals surface area contributed by atoms with E-state index in [1.54, 1.807) is 0 Å². The van der Waals surface area contributed by atoms with Gasteiger partial charge in [-0.05, 0) is 25.8 Å². The Hall–Kier alpha value is -1.62. The lowest BCUT2D eigenvalue weighted by Crippen LogP contribution is -2.44. The zero-order valence-electron chi connectivity index (χ0n) is 12.0. The van der Waals surface area contributed by atoms with Crippen LogP contribution in [-0.4, -0.2) is 27.1 Å². The number of fused-ring (bicyclic) bond motifs is 1. The van der Waals surface area contributed by atoms with Crippen LogP contribution in [0.4, 0.5) is 0 Å². The smallest absolute Gasteiger partial charge is 0.215 e. The molecule has 2 heterocycles. The highest BCUT2D eigenvalue weighted by molar-refractivity contribution is 5.71. The van der Waals surface area contributed by atoms with Gasteiger partial charge in [-0.1, -0.05) is 19.3 Å². The Balaban J connectivity index is 1.81. The zero-order valence-corrected chi connectivity index (χ0v) is 12.0. The molecule has 0 bridgehead atoms. The highest BCUT2D eigenvalue weighted by Crippen LogP contribution is 2.29. The molecule has 0 amide bonds. The van der Waals surface area contributed by atoms with Gasteiger partial charge in [-0.15, -0.1) is 0 Å². The van der Waals surface area contributed by atoms with Crippen LogP contribution in [0.25, 0.3) is 11.2 Å². The summed E-state index contributed by atoms with van der Waals surface area (Å²) < 4.78 is 5.40. The van der Waals surface area contributed by atoms with Crippen LogP contribution in [-0.2, 0) is 6.42 Å². The number of H-pyrrole nitrogens is 1. The Bertz CT molecular complexity index is 587. The molecule has 5 nitrogen and oxygen atoms in total. The number of hydrogen-bond acceptors (Lipinski definition) is 4. The van der Waals surface area contributed by atoms with Crippen LogP contribution in [0.1, 0.15) is 44.9 Å². The summed E-state index contributed by atoms with van der Waals surface area (Å²) in [7, 11) is 0. The highest BCUT2D eigenvalue weighted by atomic mass is 16.5. The number of ether oxygens (including phenoxy) is 1. The van der Waals surface area contributed by atoms with Crippen LogP contribution in [0.5, 0.6) is 5.88 Å². The summed E-state index contributed by atoms with van der Waals surface area (Å²) in [6.07, 6.45) is 6.72. The second-order valence-corrected chi connectivity index (χ2v) is 5.74. The van der Waals surface area contributed by atoms with Crippen molar-refractivity contribution in [2.24, 2.45) is 5.73 Å². The van der Waals surface area contributed by atoms with Crippen molar-refractivity contribution in [3.63, 3.8) is 0 Å². The minimum Gasteiger partial charge on any atom is -0.478 e. The van der Waals surface area contributed by atoms with E-state index < -0.39 is 0 Å². The van der Waals surface area contributed by atoms with Crippen molar-refractivity contribution < 1.29 is 4.74 Å². The van der Waals surface area contributed by atoms with Gasteiger partial charge in [-0.2, -0.15) is 4.98 Å². The molecule has 1 aliphatic carbocycles. The fourth-order valence-electron chi connectivity index (χ4n) is 3.00. The normalized spacial score (nSPS) is 18.3. The number of nitrogens with one attached hydrogen (secondary N) is 1. The number of nitrogens with zero attached hydrogens (tertiary/aromatic N) is 2. The van der Waals surface area contributed by atoms with Gasteiger partial charge in [0, 0.05) is 18.0 Å². The van der Waals surface area contributed by atoms with Crippen LogP contribution in [0.3, 0.4) is 0 Å². The molecule has 2 aromatic rings. The van der Waals surface area contributed by atoms with E-state index in [9.17, 15) is 0 Å². The van der Waals surface area contributed by atoms with E-state index in [4.69, 9.17) is 10.5 Å². The van der Waals surface area contributed by atoms with Crippen LogP contribution in [0.2, 0.25) is 0 Å². The third-order valence-corrected chi connectivity index (χ3v) is 4.03. The number of hydrogen-bond donors (Lipinski definition) is 2. The summed E-state index contributed by atoms with van der Waals surface area (Å²) in [6.45, 7) is 2.56. The van der Waals surface area contributed by atoms with E-state index in [1.807, 2.05) is 19.1 Å². The van der Waals surface area contributed by atoms with Crippen molar-refractivity contribution in [1.82, 2.24) is 15.0 Å². The summed E-state index contributed by atoms with van der Waals surface area (Å²) in [6, 6.07) is 3.83. The first-order valence-electron chi connectivity index (χ1n) is 7.46. The van der Waals surface area contributed by atoms with Gasteiger partial charge >= 0.3 is 0 Å². The third-order valence-electron chi connectivity index (χ3n) is 4.03. The standard InChI is InChI=1S/C15H22N4O/c1-2-20-13-7-6-11-14(19-13)18-12(17-11)10-15(16)8-4-3-5-9-15/h6-7H,2-5,8-10,16H2,1H3,(H,17,18,19). The maximum absolute atomic E-state index is 6.49. The molecule has 0 aromatic carbocycles. The van der Waals surface area contributed by atoms with Gasteiger partial charge < -0.3 is 15.5 Å². The van der Waals surface area contributed by atoms with Crippen LogP contribution in [0.15, 0.2) is 12.1 Å². The fraction of sp³-hybridized carbons (Fsp3) is 0.600. The van der Waals surface area contributed by atoms with Crippen molar-refractivity contribution >= 4 is 11.2 Å². The van der Waals surface area contributed by atoms with Gasteiger partial charge in [0.05, 0.1) is 12.1 Å². The molecule has 0 radical (unpaired) electrons. The van der Waals surface area contributed by atoms with Gasteiger partial charge in [0.1, 0.15) is 5.82 Å². The molecule has 3 N–H and O–H groups in total. The summed E-state index contributed by atoms with van der Waals surface area (Å²) in [4.78, 5) is 12.3. The molecule has 0 aliphatic heterocycles. The molecule has 0 atom stereocenters. The molecule has 0 saturated heterocycles. The summed E-state index contributed by atoms with van der Waals surface area (Å²) >= 11 is 0. The number of aromatic nitrogens is 3. The first-order valence-corrected chi connectivity index (χ1v) is 7.46. The van der Waals surface area contributed by atoms with Crippen LogP contribution >= 0.6 is 0 Å². The molecule has 20 heavy (non-hydrogen) atoms. The van der Waals surface area contributed by atoms with E-state index >= 15 is 0 Å². The Morgan fingerprint density at radius 1 is 1.25 bits per heavy atom. The van der Waals surface area contributed by atoms with E-state index in [2.05, 4.69) is 15.0 Å². The van der Waals surface area contributed by atoms with E-state index in [0.717, 1.165) is 30.6 Å². The van der Waals surface area contributed by atoms with Crippen molar-refractivity contribution in [1.29, 1.82) is 0 Å². The largest absolute Gasteiger partial charge is 0.478 e. The molecule has 0 unspecified atom stereocenters. The topological polar surface area (TPSA) is 76.8 Å². The van der Waals surface area contributed by atoms with Gasteiger partial charge in [0.25, 0.3) is 0 Å². The molecule has 5 heteroatoms. The van der Waals surface area contributed by atoms with E-state index in [1.165, 1.54) is 19.3 Å².